The van der Waals surface area contributed by atoms with E-state index < -0.39 is 11.9 Å². The van der Waals surface area contributed by atoms with Crippen LogP contribution in [0.15, 0.2) is 24.3 Å². The third-order valence-electron chi connectivity index (χ3n) is 5.23. The molecule has 1 aromatic carbocycles. The van der Waals surface area contributed by atoms with Crippen molar-refractivity contribution in [3.05, 3.63) is 35.9 Å². The fourth-order valence-electron chi connectivity index (χ4n) is 3.69. The Kier molecular flexibility index (Phi) is 4.55. The van der Waals surface area contributed by atoms with Crippen LogP contribution in [0, 0.1) is 0 Å². The van der Waals surface area contributed by atoms with Gasteiger partial charge < -0.3 is 15.0 Å². The number of ether oxygens (including phenoxy) is 1. The monoisotopic (exact) mass is 369 g/mol. The van der Waals surface area contributed by atoms with E-state index in [2.05, 4.69) is 22.3 Å². The second kappa shape index (κ2) is 7.02. The molecule has 2 aliphatic heterocycles. The van der Waals surface area contributed by atoms with Gasteiger partial charge in [0.2, 0.25) is 5.82 Å². The third-order valence-corrected chi connectivity index (χ3v) is 5.23. The summed E-state index contributed by atoms with van der Waals surface area (Å²) < 4.78 is 7.60. The van der Waals surface area contributed by atoms with Gasteiger partial charge in [-0.15, -0.1) is 5.10 Å². The number of benzene rings is 1. The minimum absolute atomic E-state index is 0.0665. The van der Waals surface area contributed by atoms with E-state index in [0.29, 0.717) is 11.4 Å². The van der Waals surface area contributed by atoms with E-state index in [1.807, 2.05) is 22.9 Å². The van der Waals surface area contributed by atoms with Gasteiger partial charge in [-0.3, -0.25) is 9.59 Å². The Morgan fingerprint density at radius 2 is 2.19 bits per heavy atom. The molecule has 8 heteroatoms. The number of amides is 2. The lowest BCUT2D eigenvalue weighted by atomic mass is 10.0. The highest BCUT2D eigenvalue weighted by Crippen LogP contribution is 2.30. The summed E-state index contributed by atoms with van der Waals surface area (Å²) in [5.41, 5.74) is 0.681. The molecule has 0 bridgehead atoms. The van der Waals surface area contributed by atoms with E-state index in [1.165, 1.54) is 4.90 Å². The van der Waals surface area contributed by atoms with Crippen molar-refractivity contribution in [2.24, 2.45) is 0 Å². The number of carbonyl (C=O) groups is 2. The number of anilines is 1. The molecule has 0 saturated carbocycles. The molecule has 3 heterocycles. The van der Waals surface area contributed by atoms with Crippen LogP contribution in [0.2, 0.25) is 0 Å². The van der Waals surface area contributed by atoms with Crippen LogP contribution in [0.1, 0.15) is 48.7 Å². The first-order valence-electron chi connectivity index (χ1n) is 9.34. The maximum atomic E-state index is 12.8. The Labute approximate surface area is 157 Å². The van der Waals surface area contributed by atoms with Crippen molar-refractivity contribution >= 4 is 17.5 Å². The van der Waals surface area contributed by atoms with E-state index in [9.17, 15) is 9.59 Å². The van der Waals surface area contributed by atoms with E-state index in [0.717, 1.165) is 31.5 Å². The van der Waals surface area contributed by atoms with Gasteiger partial charge in [0.25, 0.3) is 11.8 Å². The fraction of sp³-hybridized carbons (Fsp3) is 0.474. The van der Waals surface area contributed by atoms with Crippen molar-refractivity contribution in [1.82, 2.24) is 20.1 Å². The molecule has 1 aromatic heterocycles. The zero-order valence-electron chi connectivity index (χ0n) is 15.5. The van der Waals surface area contributed by atoms with Gasteiger partial charge in [-0.25, -0.2) is 9.67 Å². The predicted molar refractivity (Wildman–Crippen MR) is 98.9 cm³/mol. The lowest BCUT2D eigenvalue weighted by molar-refractivity contribution is -0.120. The zero-order chi connectivity index (χ0) is 19.0. The molecule has 2 amide bonds. The van der Waals surface area contributed by atoms with Crippen molar-refractivity contribution in [3.63, 3.8) is 0 Å². The summed E-state index contributed by atoms with van der Waals surface area (Å²) in [5, 5.41) is 7.14. The molecule has 2 aliphatic rings. The highest BCUT2D eigenvalue weighted by molar-refractivity contribution is 6.02. The first kappa shape index (κ1) is 17.5. The van der Waals surface area contributed by atoms with Gasteiger partial charge in [0.05, 0.1) is 11.7 Å². The lowest BCUT2D eigenvalue weighted by Gasteiger charge is -2.21. The van der Waals surface area contributed by atoms with E-state index in [1.54, 1.807) is 13.1 Å². The van der Waals surface area contributed by atoms with Crippen LogP contribution in [-0.4, -0.2) is 46.3 Å². The topological polar surface area (TPSA) is 89.3 Å². The first-order chi connectivity index (χ1) is 13.1. The molecule has 4 rings (SSSR count). The number of nitrogens with zero attached hydrogens (tertiary/aromatic N) is 4. The number of aryl methyl sites for hydroxylation is 1. The van der Waals surface area contributed by atoms with E-state index >= 15 is 0 Å². The maximum absolute atomic E-state index is 12.8. The number of nitrogens with one attached hydrogen (secondary N) is 1. The Hall–Kier alpha value is -2.90. The van der Waals surface area contributed by atoms with Gasteiger partial charge >= 0.3 is 0 Å². The summed E-state index contributed by atoms with van der Waals surface area (Å²) in [5.74, 6) is 0.886. The van der Waals surface area contributed by atoms with Crippen molar-refractivity contribution in [1.29, 1.82) is 0 Å². The standard InChI is InChI=1S/C19H23N5O3/c1-3-12-7-6-10-16-21-17(22-24(12)16)18(25)20-13-11-27-15-9-5-4-8-14(15)23(2)19(13)26/h4-5,8-9,12-13H,3,6-7,10-11H2,1-2H3,(H,20,25)/t12-,13-/m0/s1. The van der Waals surface area contributed by atoms with Crippen molar-refractivity contribution in [2.45, 2.75) is 44.7 Å². The number of rotatable bonds is 3. The summed E-state index contributed by atoms with van der Waals surface area (Å²) in [4.78, 5) is 31.3. The first-order valence-corrected chi connectivity index (χ1v) is 9.34. The van der Waals surface area contributed by atoms with Crippen LogP contribution >= 0.6 is 0 Å². The molecule has 2 atom stereocenters. The van der Waals surface area contributed by atoms with Gasteiger partial charge in [0.15, 0.2) is 0 Å². The second-order valence-electron chi connectivity index (χ2n) is 6.95. The number of aromatic nitrogens is 3. The second-order valence-corrected chi connectivity index (χ2v) is 6.95. The van der Waals surface area contributed by atoms with Crippen molar-refractivity contribution in [3.8, 4) is 5.75 Å². The quantitative estimate of drug-likeness (QED) is 0.890. The summed E-state index contributed by atoms with van der Waals surface area (Å²) >= 11 is 0. The van der Waals surface area contributed by atoms with Gasteiger partial charge in [-0.2, -0.15) is 0 Å². The molecular formula is C19H23N5O3. The smallest absolute Gasteiger partial charge is 0.291 e. The average molecular weight is 369 g/mol. The maximum Gasteiger partial charge on any atom is 0.291 e. The molecule has 0 unspecified atom stereocenters. The van der Waals surface area contributed by atoms with Gasteiger partial charge in [0.1, 0.15) is 24.2 Å². The minimum Gasteiger partial charge on any atom is -0.489 e. The number of carbonyl (C=O) groups excluding carboxylic acids is 2. The van der Waals surface area contributed by atoms with Gasteiger partial charge in [-0.05, 0) is 31.4 Å². The van der Waals surface area contributed by atoms with Gasteiger partial charge in [0, 0.05) is 13.5 Å². The number of hydrogen-bond donors (Lipinski definition) is 1. The summed E-state index contributed by atoms with van der Waals surface area (Å²) in [6.45, 7) is 2.17. The highest BCUT2D eigenvalue weighted by Gasteiger charge is 2.32. The molecular weight excluding hydrogens is 346 g/mol. The van der Waals surface area contributed by atoms with Crippen LogP contribution in [0.5, 0.6) is 5.75 Å². The Balaban J connectivity index is 1.52. The number of para-hydroxylation sites is 2. The Bertz CT molecular complexity index is 878. The Morgan fingerprint density at radius 1 is 1.37 bits per heavy atom. The molecule has 2 aromatic rings. The number of fused-ring (bicyclic) bond motifs is 2. The molecule has 0 fully saturated rings. The van der Waals surface area contributed by atoms with Crippen molar-refractivity contribution < 1.29 is 14.3 Å². The summed E-state index contributed by atoms with van der Waals surface area (Å²) in [6.07, 6.45) is 3.87. The molecule has 0 aliphatic carbocycles. The molecule has 0 radical (unpaired) electrons. The molecule has 142 valence electrons. The largest absolute Gasteiger partial charge is 0.489 e. The van der Waals surface area contributed by atoms with E-state index in [4.69, 9.17) is 4.74 Å². The van der Waals surface area contributed by atoms with Crippen LogP contribution < -0.4 is 15.0 Å². The summed E-state index contributed by atoms with van der Waals surface area (Å²) in [6, 6.07) is 6.80. The molecule has 27 heavy (non-hydrogen) atoms. The van der Waals surface area contributed by atoms with Crippen LogP contribution in [-0.2, 0) is 11.2 Å². The predicted octanol–water partition coefficient (Wildman–Crippen LogP) is 1.72. The van der Waals surface area contributed by atoms with Crippen LogP contribution in [0.25, 0.3) is 0 Å². The molecule has 8 nitrogen and oxygen atoms in total. The van der Waals surface area contributed by atoms with Crippen molar-refractivity contribution in [2.75, 3.05) is 18.6 Å². The minimum atomic E-state index is -0.794. The lowest BCUT2D eigenvalue weighted by Crippen LogP contribution is -2.49. The average Bonchev–Trinajstić information content (AvgIpc) is 3.10. The van der Waals surface area contributed by atoms with Crippen LogP contribution in [0.4, 0.5) is 5.69 Å². The van der Waals surface area contributed by atoms with E-state index in [-0.39, 0.29) is 24.4 Å². The SMILES string of the molecule is CC[C@H]1CCCc2nc(C(=O)N[C@H]3COc4ccccc4N(C)C3=O)nn21. The Morgan fingerprint density at radius 3 is 3.00 bits per heavy atom. The normalized spacial score (nSPS) is 21.7. The fourth-order valence-corrected chi connectivity index (χ4v) is 3.69. The number of likely N-dealkylation sites (N-methyl/N-ethyl adjacent to an activating group) is 1. The highest BCUT2D eigenvalue weighted by atomic mass is 16.5. The molecule has 0 spiro atoms. The third kappa shape index (κ3) is 3.15. The molecule has 1 N–H and O–H groups in total. The summed E-state index contributed by atoms with van der Waals surface area (Å²) in [7, 11) is 1.68. The number of hydrogen-bond acceptors (Lipinski definition) is 5. The van der Waals surface area contributed by atoms with Crippen LogP contribution in [0.3, 0.4) is 0 Å². The van der Waals surface area contributed by atoms with Gasteiger partial charge in [-0.1, -0.05) is 19.1 Å². The zero-order valence-corrected chi connectivity index (χ0v) is 15.5. The molecule has 0 saturated heterocycles.